The van der Waals surface area contributed by atoms with Gasteiger partial charge in [0.2, 0.25) is 5.91 Å². The molecule has 3 aromatic heterocycles. The van der Waals surface area contributed by atoms with E-state index in [1.54, 1.807) is 34.3 Å². The minimum atomic E-state index is -0.126. The van der Waals surface area contributed by atoms with Crippen LogP contribution >= 0.6 is 11.3 Å². The first-order valence-corrected chi connectivity index (χ1v) is 9.90. The molecule has 1 unspecified atom stereocenters. The summed E-state index contributed by atoms with van der Waals surface area (Å²) in [5.74, 6) is 0.0425. The molecule has 0 N–H and O–H groups in total. The predicted octanol–water partition coefficient (Wildman–Crippen LogP) is 2.77. The molecule has 0 aliphatic carbocycles. The van der Waals surface area contributed by atoms with Crippen molar-refractivity contribution in [2.75, 3.05) is 13.1 Å². The maximum atomic E-state index is 12.7. The summed E-state index contributed by atoms with van der Waals surface area (Å²) in [6, 6.07) is 12.8. The number of nitrogens with zero attached hydrogens (tertiary/aromatic N) is 4. The van der Waals surface area contributed by atoms with Gasteiger partial charge in [-0.25, -0.2) is 4.68 Å². The largest absolute Gasteiger partial charge is 0.340 e. The van der Waals surface area contributed by atoms with E-state index in [9.17, 15) is 9.59 Å². The second-order valence-corrected chi connectivity index (χ2v) is 7.56. The number of carbonyl (C=O) groups excluding carboxylic acids is 1. The minimum Gasteiger partial charge on any atom is -0.340 e. The van der Waals surface area contributed by atoms with E-state index in [0.29, 0.717) is 13.1 Å². The number of hydrogen-bond donors (Lipinski definition) is 0. The van der Waals surface area contributed by atoms with Crippen LogP contribution < -0.4 is 5.56 Å². The van der Waals surface area contributed by atoms with Crippen molar-refractivity contribution in [1.82, 2.24) is 19.7 Å². The van der Waals surface area contributed by atoms with Gasteiger partial charge in [-0.1, -0.05) is 12.1 Å². The fourth-order valence-corrected chi connectivity index (χ4v) is 4.08. The average molecular weight is 380 g/mol. The van der Waals surface area contributed by atoms with E-state index in [2.05, 4.69) is 10.1 Å². The Kier molecular flexibility index (Phi) is 5.11. The molecule has 0 bridgehead atoms. The van der Waals surface area contributed by atoms with Gasteiger partial charge in [-0.3, -0.25) is 14.6 Å². The Hall–Kier alpha value is -2.80. The molecule has 7 heteroatoms. The standard InChI is InChI=1S/C20H20N4O2S/c25-19-9-8-17(18-7-4-12-27-18)22-24(19)16-6-3-11-23(14-16)20(26)13-15-5-1-2-10-21-15/h1-2,4-5,7-10,12,16H,3,6,11,13-14H2. The Morgan fingerprint density at radius 1 is 1.19 bits per heavy atom. The maximum absolute atomic E-state index is 12.7. The first-order chi connectivity index (χ1) is 13.2. The highest BCUT2D eigenvalue weighted by Crippen LogP contribution is 2.24. The Morgan fingerprint density at radius 3 is 2.89 bits per heavy atom. The van der Waals surface area contributed by atoms with E-state index in [1.807, 2.05) is 40.6 Å². The number of likely N-dealkylation sites (tertiary alicyclic amines) is 1. The molecule has 1 aliphatic heterocycles. The lowest BCUT2D eigenvalue weighted by Crippen LogP contribution is -2.44. The van der Waals surface area contributed by atoms with Gasteiger partial charge in [0.1, 0.15) is 5.69 Å². The third-order valence-corrected chi connectivity index (χ3v) is 5.64. The predicted molar refractivity (Wildman–Crippen MR) is 105 cm³/mol. The molecule has 138 valence electrons. The van der Waals surface area contributed by atoms with Crippen LogP contribution in [0.1, 0.15) is 24.6 Å². The fourth-order valence-electron chi connectivity index (χ4n) is 3.39. The van der Waals surface area contributed by atoms with E-state index in [0.717, 1.165) is 29.1 Å². The van der Waals surface area contributed by atoms with Gasteiger partial charge in [0.25, 0.3) is 5.56 Å². The van der Waals surface area contributed by atoms with Crippen LogP contribution in [0, 0.1) is 0 Å². The molecule has 27 heavy (non-hydrogen) atoms. The molecule has 1 aliphatic rings. The van der Waals surface area contributed by atoms with Gasteiger partial charge in [0, 0.05) is 31.0 Å². The minimum absolute atomic E-state index is 0.0425. The van der Waals surface area contributed by atoms with Crippen LogP contribution in [-0.2, 0) is 11.2 Å². The Bertz CT molecular complexity index is 969. The number of pyridine rings is 1. The quantitative estimate of drug-likeness (QED) is 0.698. The van der Waals surface area contributed by atoms with E-state index in [-0.39, 0.29) is 23.9 Å². The van der Waals surface area contributed by atoms with Crippen LogP contribution in [-0.4, -0.2) is 38.7 Å². The Labute approximate surface area is 161 Å². The summed E-state index contributed by atoms with van der Waals surface area (Å²) in [7, 11) is 0. The first-order valence-electron chi connectivity index (χ1n) is 9.02. The molecule has 6 nitrogen and oxygen atoms in total. The number of thiophene rings is 1. The summed E-state index contributed by atoms with van der Waals surface area (Å²) in [6.07, 6.45) is 3.68. The van der Waals surface area contributed by atoms with Crippen LogP contribution in [0.2, 0.25) is 0 Å². The third kappa shape index (κ3) is 3.98. The van der Waals surface area contributed by atoms with Gasteiger partial charge in [0.15, 0.2) is 0 Å². The maximum Gasteiger partial charge on any atom is 0.267 e. The van der Waals surface area contributed by atoms with Crippen molar-refractivity contribution < 1.29 is 4.79 Å². The molecule has 0 spiro atoms. The van der Waals surface area contributed by atoms with Gasteiger partial charge in [-0.2, -0.15) is 5.10 Å². The highest BCUT2D eigenvalue weighted by atomic mass is 32.1. The average Bonchev–Trinajstić information content (AvgIpc) is 3.24. The van der Waals surface area contributed by atoms with Crippen LogP contribution in [0.5, 0.6) is 0 Å². The van der Waals surface area contributed by atoms with Gasteiger partial charge in [-0.15, -0.1) is 11.3 Å². The molecule has 0 aromatic carbocycles. The SMILES string of the molecule is O=C(Cc1ccccn1)N1CCCC(n2nc(-c3cccs3)ccc2=O)C1. The van der Waals surface area contributed by atoms with Crippen molar-refractivity contribution in [3.8, 4) is 10.6 Å². The highest BCUT2D eigenvalue weighted by molar-refractivity contribution is 7.13. The van der Waals surface area contributed by atoms with Gasteiger partial charge >= 0.3 is 0 Å². The van der Waals surface area contributed by atoms with E-state index < -0.39 is 0 Å². The molecule has 4 heterocycles. The van der Waals surface area contributed by atoms with Crippen molar-refractivity contribution in [3.05, 3.63) is 70.1 Å². The molecule has 0 saturated carbocycles. The van der Waals surface area contributed by atoms with Crippen molar-refractivity contribution in [2.24, 2.45) is 0 Å². The second-order valence-electron chi connectivity index (χ2n) is 6.61. The van der Waals surface area contributed by atoms with E-state index >= 15 is 0 Å². The molecule has 1 fully saturated rings. The van der Waals surface area contributed by atoms with Crippen LogP contribution in [0.3, 0.4) is 0 Å². The number of carbonyl (C=O) groups is 1. The first kappa shape index (κ1) is 17.6. The van der Waals surface area contributed by atoms with Gasteiger partial charge in [-0.05, 0) is 42.5 Å². The molecule has 3 aromatic rings. The zero-order chi connectivity index (χ0) is 18.6. The monoisotopic (exact) mass is 380 g/mol. The zero-order valence-corrected chi connectivity index (χ0v) is 15.6. The molecular formula is C20H20N4O2S. The smallest absolute Gasteiger partial charge is 0.267 e. The number of amides is 1. The Balaban J connectivity index is 1.52. The zero-order valence-electron chi connectivity index (χ0n) is 14.8. The van der Waals surface area contributed by atoms with Crippen LogP contribution in [0.25, 0.3) is 10.6 Å². The lowest BCUT2D eigenvalue weighted by atomic mass is 10.0. The molecule has 0 radical (unpaired) electrons. The molecule has 4 rings (SSSR count). The van der Waals surface area contributed by atoms with Crippen molar-refractivity contribution in [1.29, 1.82) is 0 Å². The van der Waals surface area contributed by atoms with Crippen molar-refractivity contribution >= 4 is 17.2 Å². The summed E-state index contributed by atoms with van der Waals surface area (Å²) < 4.78 is 1.55. The van der Waals surface area contributed by atoms with Crippen molar-refractivity contribution in [3.63, 3.8) is 0 Å². The highest BCUT2D eigenvalue weighted by Gasteiger charge is 2.26. The summed E-state index contributed by atoms with van der Waals surface area (Å²) >= 11 is 1.59. The molecule has 1 atom stereocenters. The summed E-state index contributed by atoms with van der Waals surface area (Å²) in [5.41, 5.74) is 1.43. The molecule has 1 saturated heterocycles. The lowest BCUT2D eigenvalue weighted by Gasteiger charge is -2.33. The van der Waals surface area contributed by atoms with E-state index in [1.165, 1.54) is 0 Å². The Morgan fingerprint density at radius 2 is 2.11 bits per heavy atom. The van der Waals surface area contributed by atoms with Crippen LogP contribution in [0.15, 0.2) is 58.8 Å². The van der Waals surface area contributed by atoms with Crippen molar-refractivity contribution in [2.45, 2.75) is 25.3 Å². The summed E-state index contributed by atoms with van der Waals surface area (Å²) in [5, 5.41) is 6.57. The number of hydrogen-bond acceptors (Lipinski definition) is 5. The van der Waals surface area contributed by atoms with Gasteiger partial charge < -0.3 is 4.90 Å². The number of aromatic nitrogens is 3. The third-order valence-electron chi connectivity index (χ3n) is 4.75. The lowest BCUT2D eigenvalue weighted by molar-refractivity contribution is -0.132. The van der Waals surface area contributed by atoms with Crippen LogP contribution in [0.4, 0.5) is 0 Å². The number of rotatable bonds is 4. The number of piperidine rings is 1. The molecular weight excluding hydrogens is 360 g/mol. The topological polar surface area (TPSA) is 68.1 Å². The summed E-state index contributed by atoms with van der Waals surface area (Å²) in [4.78, 5) is 32.2. The molecule has 1 amide bonds. The normalized spacial score (nSPS) is 17.0. The van der Waals surface area contributed by atoms with E-state index in [4.69, 9.17) is 0 Å². The second kappa shape index (κ2) is 7.84. The fraction of sp³-hybridized carbons (Fsp3) is 0.300. The summed E-state index contributed by atoms with van der Waals surface area (Å²) in [6.45, 7) is 1.22. The van der Waals surface area contributed by atoms with Gasteiger partial charge in [0.05, 0.1) is 17.3 Å².